The van der Waals surface area contributed by atoms with Gasteiger partial charge in [-0.15, -0.1) is 11.6 Å². The number of hydrogen-bond donors (Lipinski definition) is 2. The maximum Gasteiger partial charge on any atom is 0.235 e. The van der Waals surface area contributed by atoms with Crippen LogP contribution in [0, 0.1) is 0 Å². The zero-order valence-electron chi connectivity index (χ0n) is 7.56. The van der Waals surface area contributed by atoms with Gasteiger partial charge < -0.3 is 10.4 Å². The van der Waals surface area contributed by atoms with Gasteiger partial charge in [0, 0.05) is 6.54 Å². The Morgan fingerprint density at radius 2 is 2.25 bits per heavy atom. The summed E-state index contributed by atoms with van der Waals surface area (Å²) in [5.41, 5.74) is -0.809. The molecule has 4 heteroatoms. The van der Waals surface area contributed by atoms with Crippen LogP contribution in [0.4, 0.5) is 0 Å². The summed E-state index contributed by atoms with van der Waals surface area (Å²) in [6.45, 7) is 3.95. The van der Waals surface area contributed by atoms with Crippen molar-refractivity contribution in [2.45, 2.75) is 32.3 Å². The van der Waals surface area contributed by atoms with Gasteiger partial charge in [-0.1, -0.05) is 13.3 Å². The number of rotatable bonds is 5. The molecule has 0 radical (unpaired) electrons. The molecule has 1 amide bonds. The third-order valence-electron chi connectivity index (χ3n) is 1.58. The Hall–Kier alpha value is -0.280. The number of amides is 1. The number of nitrogens with one attached hydrogen (secondary N) is 1. The Balaban J connectivity index is 3.67. The maximum atomic E-state index is 10.7. The summed E-state index contributed by atoms with van der Waals surface area (Å²) in [6.07, 6.45) is 1.57. The van der Waals surface area contributed by atoms with Crippen LogP contribution in [0.2, 0.25) is 0 Å². The van der Waals surface area contributed by atoms with Crippen molar-refractivity contribution in [2.24, 2.45) is 0 Å². The molecule has 72 valence electrons. The molecule has 1 atom stereocenters. The Labute approximate surface area is 78.1 Å². The van der Waals surface area contributed by atoms with Crippen LogP contribution in [-0.4, -0.2) is 29.0 Å². The quantitative estimate of drug-likeness (QED) is 0.638. The molecule has 0 heterocycles. The number of carbonyl (C=O) groups excluding carboxylic acids is 1. The minimum absolute atomic E-state index is 0.0534. The highest BCUT2D eigenvalue weighted by Gasteiger charge is 2.19. The average Bonchev–Trinajstić information content (AvgIpc) is 2.00. The largest absolute Gasteiger partial charge is 0.388 e. The fourth-order valence-corrected chi connectivity index (χ4v) is 1.06. The molecule has 0 aliphatic carbocycles. The standard InChI is InChI=1S/C8H16ClNO2/c1-3-4-8(2,12)6-10-7(11)5-9/h12H,3-6H2,1-2H3,(H,10,11). The minimum atomic E-state index is -0.809. The van der Waals surface area contributed by atoms with Crippen LogP contribution >= 0.6 is 11.6 Å². The van der Waals surface area contributed by atoms with Gasteiger partial charge in [-0.05, 0) is 13.3 Å². The monoisotopic (exact) mass is 193 g/mol. The van der Waals surface area contributed by atoms with E-state index in [2.05, 4.69) is 5.32 Å². The molecule has 12 heavy (non-hydrogen) atoms. The first-order chi connectivity index (χ1) is 5.52. The van der Waals surface area contributed by atoms with E-state index in [9.17, 15) is 9.90 Å². The van der Waals surface area contributed by atoms with Crippen LogP contribution in [0.1, 0.15) is 26.7 Å². The van der Waals surface area contributed by atoms with Gasteiger partial charge in [0.25, 0.3) is 0 Å². The Bertz CT molecular complexity index is 148. The molecule has 0 fully saturated rings. The van der Waals surface area contributed by atoms with Crippen LogP contribution in [0.25, 0.3) is 0 Å². The summed E-state index contributed by atoms with van der Waals surface area (Å²) in [5.74, 6) is -0.296. The molecular formula is C8H16ClNO2. The molecular weight excluding hydrogens is 178 g/mol. The number of carbonyl (C=O) groups is 1. The molecule has 0 saturated carbocycles. The predicted octanol–water partition coefficient (Wildman–Crippen LogP) is 0.892. The molecule has 0 aliphatic rings. The molecule has 0 aromatic heterocycles. The molecule has 0 bridgehead atoms. The lowest BCUT2D eigenvalue weighted by Gasteiger charge is -2.22. The highest BCUT2D eigenvalue weighted by molar-refractivity contribution is 6.27. The van der Waals surface area contributed by atoms with Gasteiger partial charge in [-0.3, -0.25) is 4.79 Å². The van der Waals surface area contributed by atoms with Crippen LogP contribution in [0.15, 0.2) is 0 Å². The van der Waals surface area contributed by atoms with Gasteiger partial charge >= 0.3 is 0 Å². The van der Waals surface area contributed by atoms with Crippen molar-refractivity contribution in [1.29, 1.82) is 0 Å². The minimum Gasteiger partial charge on any atom is -0.388 e. The van der Waals surface area contributed by atoms with E-state index in [4.69, 9.17) is 11.6 Å². The third-order valence-corrected chi connectivity index (χ3v) is 1.82. The van der Waals surface area contributed by atoms with E-state index in [-0.39, 0.29) is 18.3 Å². The zero-order valence-corrected chi connectivity index (χ0v) is 8.32. The van der Waals surface area contributed by atoms with E-state index < -0.39 is 5.60 Å². The van der Waals surface area contributed by atoms with E-state index in [0.29, 0.717) is 6.42 Å². The van der Waals surface area contributed by atoms with Gasteiger partial charge in [-0.2, -0.15) is 0 Å². The molecule has 0 saturated heterocycles. The smallest absolute Gasteiger partial charge is 0.235 e. The molecule has 0 aromatic rings. The lowest BCUT2D eigenvalue weighted by Crippen LogP contribution is -2.40. The molecule has 0 aromatic carbocycles. The van der Waals surface area contributed by atoms with E-state index in [1.54, 1.807) is 6.92 Å². The van der Waals surface area contributed by atoms with Crippen molar-refractivity contribution in [3.05, 3.63) is 0 Å². The van der Waals surface area contributed by atoms with Gasteiger partial charge in [-0.25, -0.2) is 0 Å². The lowest BCUT2D eigenvalue weighted by molar-refractivity contribution is -0.119. The van der Waals surface area contributed by atoms with Crippen LogP contribution in [-0.2, 0) is 4.79 Å². The van der Waals surface area contributed by atoms with Crippen LogP contribution in [0.5, 0.6) is 0 Å². The Morgan fingerprint density at radius 1 is 1.67 bits per heavy atom. The molecule has 1 unspecified atom stereocenters. The summed E-state index contributed by atoms with van der Waals surface area (Å²) in [4.78, 5) is 10.7. The van der Waals surface area contributed by atoms with Crippen molar-refractivity contribution in [1.82, 2.24) is 5.32 Å². The number of alkyl halides is 1. The zero-order chi connectivity index (χ0) is 9.61. The lowest BCUT2D eigenvalue weighted by atomic mass is 10.0. The first-order valence-corrected chi connectivity index (χ1v) is 4.60. The van der Waals surface area contributed by atoms with E-state index in [1.807, 2.05) is 6.92 Å². The molecule has 3 nitrogen and oxygen atoms in total. The van der Waals surface area contributed by atoms with E-state index >= 15 is 0 Å². The summed E-state index contributed by atoms with van der Waals surface area (Å²) in [6, 6.07) is 0. The molecule has 2 N–H and O–H groups in total. The van der Waals surface area contributed by atoms with E-state index in [1.165, 1.54) is 0 Å². The van der Waals surface area contributed by atoms with Gasteiger partial charge in [0.05, 0.1) is 5.60 Å². The second-order valence-electron chi connectivity index (χ2n) is 3.16. The first-order valence-electron chi connectivity index (χ1n) is 4.07. The number of hydrogen-bond acceptors (Lipinski definition) is 2. The van der Waals surface area contributed by atoms with Crippen LogP contribution < -0.4 is 5.32 Å². The fraction of sp³-hybridized carbons (Fsp3) is 0.875. The van der Waals surface area contributed by atoms with Gasteiger partial charge in [0.2, 0.25) is 5.91 Å². The topological polar surface area (TPSA) is 49.3 Å². The average molecular weight is 194 g/mol. The summed E-state index contributed by atoms with van der Waals surface area (Å²) >= 11 is 5.26. The first kappa shape index (κ1) is 11.7. The summed E-state index contributed by atoms with van der Waals surface area (Å²) in [7, 11) is 0. The summed E-state index contributed by atoms with van der Waals surface area (Å²) in [5, 5.41) is 12.1. The van der Waals surface area contributed by atoms with Crippen LogP contribution in [0.3, 0.4) is 0 Å². The van der Waals surface area contributed by atoms with Gasteiger partial charge in [0.15, 0.2) is 0 Å². The summed E-state index contributed by atoms with van der Waals surface area (Å²) < 4.78 is 0. The Morgan fingerprint density at radius 3 is 2.67 bits per heavy atom. The molecule has 0 spiro atoms. The van der Waals surface area contributed by atoms with Crippen molar-refractivity contribution in [3.8, 4) is 0 Å². The number of aliphatic hydroxyl groups is 1. The normalized spacial score (nSPS) is 15.3. The third kappa shape index (κ3) is 5.38. The second-order valence-corrected chi connectivity index (χ2v) is 3.42. The SMILES string of the molecule is CCCC(C)(O)CNC(=O)CCl. The van der Waals surface area contributed by atoms with Crippen molar-refractivity contribution >= 4 is 17.5 Å². The fourth-order valence-electron chi connectivity index (χ4n) is 0.963. The molecule has 0 aliphatic heterocycles. The highest BCUT2D eigenvalue weighted by atomic mass is 35.5. The maximum absolute atomic E-state index is 10.7. The second kappa shape index (κ2) is 5.38. The Kier molecular flexibility index (Phi) is 5.25. The van der Waals surface area contributed by atoms with Crippen molar-refractivity contribution in [2.75, 3.05) is 12.4 Å². The van der Waals surface area contributed by atoms with Crippen molar-refractivity contribution in [3.63, 3.8) is 0 Å². The number of halogens is 1. The molecule has 0 rings (SSSR count). The highest BCUT2D eigenvalue weighted by Crippen LogP contribution is 2.09. The predicted molar refractivity (Wildman–Crippen MR) is 49.3 cm³/mol. The van der Waals surface area contributed by atoms with E-state index in [0.717, 1.165) is 6.42 Å². The van der Waals surface area contributed by atoms with Gasteiger partial charge in [0.1, 0.15) is 5.88 Å². The van der Waals surface area contributed by atoms with Crippen molar-refractivity contribution < 1.29 is 9.90 Å².